The summed E-state index contributed by atoms with van der Waals surface area (Å²) < 4.78 is 1.10. The summed E-state index contributed by atoms with van der Waals surface area (Å²) in [6.45, 7) is 2.14. The molecule has 0 saturated heterocycles. The molecule has 1 heterocycles. The minimum atomic E-state index is -0.588. The first-order chi connectivity index (χ1) is 14.5. The van der Waals surface area contributed by atoms with Gasteiger partial charge in [-0.1, -0.05) is 70.5 Å². The van der Waals surface area contributed by atoms with Crippen molar-refractivity contribution in [1.82, 2.24) is 0 Å². The molecule has 0 radical (unpaired) electrons. The number of hydrogen-bond donors (Lipinski definition) is 0. The van der Waals surface area contributed by atoms with Crippen LogP contribution in [0, 0.1) is 5.41 Å². The van der Waals surface area contributed by atoms with Crippen LogP contribution in [0.15, 0.2) is 82.8 Å². The van der Waals surface area contributed by atoms with Gasteiger partial charge in [0.2, 0.25) is 5.91 Å². The zero-order valence-electron chi connectivity index (χ0n) is 17.3. The molecule has 1 atom stereocenters. The molecule has 0 fully saturated rings. The number of halogens is 1. The molecular weight excluding hydrogens is 434 g/mol. The number of anilines is 1. The zero-order chi connectivity index (χ0) is 20.9. The van der Waals surface area contributed by atoms with Gasteiger partial charge in [0.1, 0.15) is 0 Å². The topological polar surface area (TPSA) is 20.3 Å². The van der Waals surface area contributed by atoms with Gasteiger partial charge in [-0.25, -0.2) is 0 Å². The summed E-state index contributed by atoms with van der Waals surface area (Å²) in [6, 6.07) is 25.3. The highest BCUT2D eigenvalue weighted by molar-refractivity contribution is 9.10. The van der Waals surface area contributed by atoms with Gasteiger partial charge in [-0.2, -0.15) is 0 Å². The molecule has 3 aromatic carbocycles. The molecule has 2 nitrogen and oxygen atoms in total. The first kappa shape index (κ1) is 19.3. The van der Waals surface area contributed by atoms with Gasteiger partial charge in [0.15, 0.2) is 0 Å². The van der Waals surface area contributed by atoms with Gasteiger partial charge in [0.05, 0.1) is 11.1 Å². The fourth-order valence-electron chi connectivity index (χ4n) is 5.19. The van der Waals surface area contributed by atoms with E-state index >= 15 is 0 Å². The van der Waals surface area contributed by atoms with E-state index in [1.165, 1.54) is 27.8 Å². The third kappa shape index (κ3) is 2.95. The summed E-state index contributed by atoms with van der Waals surface area (Å²) in [5.41, 5.74) is 7.87. The van der Waals surface area contributed by atoms with Crippen molar-refractivity contribution in [2.75, 3.05) is 11.9 Å². The van der Waals surface area contributed by atoms with Crippen LogP contribution >= 0.6 is 15.9 Å². The lowest BCUT2D eigenvalue weighted by atomic mass is 9.68. The molecular formula is C27H24BrNO. The van der Waals surface area contributed by atoms with Crippen LogP contribution in [0.5, 0.6) is 0 Å². The van der Waals surface area contributed by atoms with Gasteiger partial charge in [-0.05, 0) is 72.2 Å². The van der Waals surface area contributed by atoms with Gasteiger partial charge in [-0.15, -0.1) is 0 Å². The fourth-order valence-corrected chi connectivity index (χ4v) is 5.60. The van der Waals surface area contributed by atoms with Crippen LogP contribution in [-0.2, 0) is 17.6 Å². The monoisotopic (exact) mass is 457 g/mol. The fraction of sp³-hybridized carbons (Fsp3) is 0.222. The third-order valence-corrected chi connectivity index (χ3v) is 7.15. The van der Waals surface area contributed by atoms with Crippen molar-refractivity contribution in [3.63, 3.8) is 0 Å². The van der Waals surface area contributed by atoms with Crippen LogP contribution < -0.4 is 4.90 Å². The summed E-state index contributed by atoms with van der Waals surface area (Å²) in [4.78, 5) is 15.8. The third-order valence-electron chi connectivity index (χ3n) is 6.66. The second-order valence-electron chi connectivity index (χ2n) is 8.53. The van der Waals surface area contributed by atoms with Crippen molar-refractivity contribution >= 4 is 33.1 Å². The van der Waals surface area contributed by atoms with Crippen LogP contribution in [0.2, 0.25) is 0 Å². The molecule has 1 aliphatic heterocycles. The Labute approximate surface area is 186 Å². The van der Waals surface area contributed by atoms with Gasteiger partial charge < -0.3 is 4.90 Å². The van der Waals surface area contributed by atoms with E-state index in [4.69, 9.17) is 0 Å². The maximum atomic E-state index is 13.9. The highest BCUT2D eigenvalue weighted by atomic mass is 79.9. The van der Waals surface area contributed by atoms with Crippen molar-refractivity contribution in [1.29, 1.82) is 0 Å². The smallest absolute Gasteiger partial charge is 0.237 e. The van der Waals surface area contributed by atoms with Crippen molar-refractivity contribution in [2.24, 2.45) is 5.41 Å². The Bertz CT molecular complexity index is 1180. The molecule has 0 bridgehead atoms. The SMILES string of the molecule is CN1C(=O)C(C)(Cc2ccccc2)C2=C(c3ccc(Br)cc3CC2)c2ccccc21. The van der Waals surface area contributed by atoms with Crippen LogP contribution in [-0.4, -0.2) is 13.0 Å². The number of carbonyl (C=O) groups is 1. The molecule has 2 aliphatic rings. The van der Waals surface area contributed by atoms with Crippen molar-refractivity contribution in [3.05, 3.63) is 105 Å². The molecule has 0 aromatic heterocycles. The molecule has 1 unspecified atom stereocenters. The normalized spacial score (nSPS) is 20.4. The molecule has 30 heavy (non-hydrogen) atoms. The highest BCUT2D eigenvalue weighted by Gasteiger charge is 2.45. The standard InChI is InChI=1S/C27H24BrNO/c1-27(17-18-8-4-3-5-9-18)23-15-12-19-16-20(28)13-14-21(19)25(23)22-10-6-7-11-24(22)29(2)26(27)30/h3-11,13-14,16H,12,15,17H2,1-2H3. The molecule has 0 saturated carbocycles. The van der Waals surface area contributed by atoms with Gasteiger partial charge in [0.25, 0.3) is 0 Å². The Morgan fingerprint density at radius 2 is 1.67 bits per heavy atom. The molecule has 3 aromatic rings. The number of amides is 1. The van der Waals surface area contributed by atoms with Crippen LogP contribution in [0.25, 0.3) is 5.57 Å². The lowest BCUT2D eigenvalue weighted by molar-refractivity contribution is -0.125. The average Bonchev–Trinajstić information content (AvgIpc) is 2.83. The number of nitrogens with zero attached hydrogens (tertiary/aromatic N) is 1. The molecule has 5 rings (SSSR count). The zero-order valence-corrected chi connectivity index (χ0v) is 18.9. The lowest BCUT2D eigenvalue weighted by Gasteiger charge is -2.36. The van der Waals surface area contributed by atoms with E-state index in [0.29, 0.717) is 6.42 Å². The van der Waals surface area contributed by atoms with Gasteiger partial charge >= 0.3 is 0 Å². The number of carbonyl (C=O) groups excluding carboxylic acids is 1. The molecule has 3 heteroatoms. The number of para-hydroxylation sites is 1. The minimum absolute atomic E-state index is 0.171. The molecule has 1 aliphatic carbocycles. The van der Waals surface area contributed by atoms with E-state index in [2.05, 4.69) is 83.5 Å². The Morgan fingerprint density at radius 1 is 0.933 bits per heavy atom. The minimum Gasteiger partial charge on any atom is -0.314 e. The Balaban J connectivity index is 1.80. The number of rotatable bonds is 2. The summed E-state index contributed by atoms with van der Waals surface area (Å²) >= 11 is 3.63. The van der Waals surface area contributed by atoms with E-state index in [0.717, 1.165) is 28.6 Å². The second kappa shape index (κ2) is 7.24. The summed E-state index contributed by atoms with van der Waals surface area (Å²) in [7, 11) is 1.92. The molecule has 150 valence electrons. The predicted octanol–water partition coefficient (Wildman–Crippen LogP) is 6.42. The first-order valence-corrected chi connectivity index (χ1v) is 11.2. The number of aryl methyl sites for hydroxylation is 1. The van der Waals surface area contributed by atoms with Crippen molar-refractivity contribution in [2.45, 2.75) is 26.2 Å². The van der Waals surface area contributed by atoms with Crippen LogP contribution in [0.1, 0.15) is 35.6 Å². The van der Waals surface area contributed by atoms with E-state index in [1.54, 1.807) is 0 Å². The van der Waals surface area contributed by atoms with E-state index < -0.39 is 5.41 Å². The quantitative estimate of drug-likeness (QED) is 0.434. The molecule has 1 amide bonds. The summed E-state index contributed by atoms with van der Waals surface area (Å²) in [5.74, 6) is 0.171. The van der Waals surface area contributed by atoms with Gasteiger partial charge in [-0.3, -0.25) is 4.79 Å². The summed E-state index contributed by atoms with van der Waals surface area (Å²) in [5, 5.41) is 0. The summed E-state index contributed by atoms with van der Waals surface area (Å²) in [6.07, 6.45) is 2.56. The lowest BCUT2D eigenvalue weighted by Crippen LogP contribution is -2.42. The highest BCUT2D eigenvalue weighted by Crippen LogP contribution is 2.51. The Hall–Kier alpha value is -2.65. The van der Waals surface area contributed by atoms with E-state index in [1.807, 2.05) is 24.1 Å². The van der Waals surface area contributed by atoms with Crippen molar-refractivity contribution < 1.29 is 4.79 Å². The van der Waals surface area contributed by atoms with Crippen LogP contribution in [0.3, 0.4) is 0 Å². The molecule has 0 N–H and O–H groups in total. The predicted molar refractivity (Wildman–Crippen MR) is 127 cm³/mol. The second-order valence-corrected chi connectivity index (χ2v) is 9.45. The maximum absolute atomic E-state index is 13.9. The Morgan fingerprint density at radius 3 is 2.47 bits per heavy atom. The van der Waals surface area contributed by atoms with E-state index in [-0.39, 0.29) is 5.91 Å². The maximum Gasteiger partial charge on any atom is 0.237 e. The number of fused-ring (bicyclic) bond motifs is 4. The average molecular weight is 458 g/mol. The molecule has 0 spiro atoms. The van der Waals surface area contributed by atoms with Crippen molar-refractivity contribution in [3.8, 4) is 0 Å². The van der Waals surface area contributed by atoms with Crippen LogP contribution in [0.4, 0.5) is 5.69 Å². The van der Waals surface area contributed by atoms with E-state index in [9.17, 15) is 4.79 Å². The largest absolute Gasteiger partial charge is 0.314 e. The number of hydrogen-bond acceptors (Lipinski definition) is 1. The van der Waals surface area contributed by atoms with Gasteiger partial charge in [0, 0.05) is 17.1 Å². The number of benzene rings is 3. The first-order valence-electron chi connectivity index (χ1n) is 10.4. The Kier molecular flexibility index (Phi) is 4.67.